The second-order valence-electron chi connectivity index (χ2n) is 6.82. The quantitative estimate of drug-likeness (QED) is 0.499. The van der Waals surface area contributed by atoms with Gasteiger partial charge in [-0.1, -0.05) is 41.6 Å². The number of rotatable bonds is 6. The molecule has 0 bridgehead atoms. The van der Waals surface area contributed by atoms with Crippen molar-refractivity contribution in [2.24, 2.45) is 5.73 Å². The third-order valence-corrected chi connectivity index (χ3v) is 4.58. The minimum atomic E-state index is -3.07. The lowest BCUT2D eigenvalue weighted by Gasteiger charge is -2.13. The molecule has 4 aromatic rings. The summed E-state index contributed by atoms with van der Waals surface area (Å²) in [6.45, 7) is 1.29. The third kappa shape index (κ3) is 4.07. The molecule has 0 aliphatic carbocycles. The number of nitrogens with two attached hydrogens (primary N) is 1. The second kappa shape index (κ2) is 7.56. The number of alkyl halides is 2. The van der Waals surface area contributed by atoms with Crippen LogP contribution in [0.2, 0.25) is 0 Å². The van der Waals surface area contributed by atoms with Gasteiger partial charge < -0.3 is 15.6 Å². The molecule has 0 saturated heterocycles. The summed E-state index contributed by atoms with van der Waals surface area (Å²) in [6.07, 6.45) is 1.43. The van der Waals surface area contributed by atoms with Crippen LogP contribution in [0.4, 0.5) is 14.6 Å². The van der Waals surface area contributed by atoms with Gasteiger partial charge in [0.05, 0.1) is 11.1 Å². The molecule has 2 heterocycles. The standard InChI is InChI=1S/C21H19F2N5O/c1-21(22,23)20-15-8-7-14(9-18(15)29-28-20)17-10-19(27-12-26-17)25-11-16(24)13-5-3-2-4-6-13/h2-10,12,16H,11,24H2,1H3,(H,25,26,27)/t16-/m0/s1. The van der Waals surface area contributed by atoms with Crippen molar-refractivity contribution < 1.29 is 13.3 Å². The summed E-state index contributed by atoms with van der Waals surface area (Å²) in [6, 6.07) is 16.3. The molecule has 2 aromatic heterocycles. The smallest absolute Gasteiger partial charge is 0.290 e. The Kier molecular flexibility index (Phi) is 4.94. The number of benzene rings is 2. The summed E-state index contributed by atoms with van der Waals surface area (Å²) < 4.78 is 32.3. The van der Waals surface area contributed by atoms with E-state index in [0.717, 1.165) is 12.5 Å². The zero-order valence-corrected chi connectivity index (χ0v) is 15.6. The van der Waals surface area contributed by atoms with Gasteiger partial charge in [-0.05, 0) is 17.7 Å². The average Bonchev–Trinajstić information content (AvgIpc) is 3.16. The van der Waals surface area contributed by atoms with Crippen molar-refractivity contribution in [3.05, 3.63) is 72.2 Å². The predicted molar refractivity (Wildman–Crippen MR) is 106 cm³/mol. The molecule has 0 saturated carbocycles. The number of fused-ring (bicyclic) bond motifs is 1. The Labute approximate surface area is 165 Å². The van der Waals surface area contributed by atoms with Gasteiger partial charge in [-0.15, -0.1) is 0 Å². The molecule has 2 aromatic carbocycles. The van der Waals surface area contributed by atoms with Crippen LogP contribution in [-0.4, -0.2) is 21.7 Å². The lowest BCUT2D eigenvalue weighted by molar-refractivity contribution is 0.0112. The Morgan fingerprint density at radius 1 is 1.10 bits per heavy atom. The minimum absolute atomic E-state index is 0.186. The molecule has 0 radical (unpaired) electrons. The van der Waals surface area contributed by atoms with Crippen molar-refractivity contribution in [3.8, 4) is 11.3 Å². The molecule has 148 valence electrons. The lowest BCUT2D eigenvalue weighted by Crippen LogP contribution is -2.20. The van der Waals surface area contributed by atoms with Crippen LogP contribution in [0.25, 0.3) is 22.2 Å². The van der Waals surface area contributed by atoms with Crippen molar-refractivity contribution in [2.45, 2.75) is 18.9 Å². The first-order valence-electron chi connectivity index (χ1n) is 9.06. The van der Waals surface area contributed by atoms with E-state index in [-0.39, 0.29) is 22.7 Å². The summed E-state index contributed by atoms with van der Waals surface area (Å²) in [7, 11) is 0. The Bertz CT molecular complexity index is 1120. The highest BCUT2D eigenvalue weighted by molar-refractivity contribution is 5.84. The van der Waals surface area contributed by atoms with Gasteiger partial charge in [0.2, 0.25) is 0 Å². The van der Waals surface area contributed by atoms with Gasteiger partial charge in [-0.25, -0.2) is 9.97 Å². The summed E-state index contributed by atoms with van der Waals surface area (Å²) in [5, 5.41) is 7.00. The molecular weight excluding hydrogens is 376 g/mol. The van der Waals surface area contributed by atoms with Crippen LogP contribution in [0.1, 0.15) is 24.2 Å². The van der Waals surface area contributed by atoms with Crippen LogP contribution < -0.4 is 11.1 Å². The average molecular weight is 395 g/mol. The first-order chi connectivity index (χ1) is 13.9. The molecule has 0 fully saturated rings. The molecule has 0 spiro atoms. The number of nitrogens with one attached hydrogen (secondary N) is 1. The van der Waals surface area contributed by atoms with Gasteiger partial charge >= 0.3 is 0 Å². The van der Waals surface area contributed by atoms with E-state index in [0.29, 0.717) is 23.6 Å². The number of aromatic nitrogens is 3. The maximum atomic E-state index is 13.6. The fourth-order valence-corrected chi connectivity index (χ4v) is 3.06. The van der Waals surface area contributed by atoms with Crippen LogP contribution in [0.3, 0.4) is 0 Å². The van der Waals surface area contributed by atoms with Crippen LogP contribution in [0.15, 0.2) is 65.4 Å². The molecule has 0 aliphatic heterocycles. The summed E-state index contributed by atoms with van der Waals surface area (Å²) in [4.78, 5) is 8.48. The normalized spacial score (nSPS) is 12.8. The zero-order valence-electron chi connectivity index (χ0n) is 15.6. The van der Waals surface area contributed by atoms with E-state index in [1.165, 1.54) is 6.33 Å². The third-order valence-electron chi connectivity index (χ3n) is 4.58. The first kappa shape index (κ1) is 18.9. The Morgan fingerprint density at radius 3 is 2.66 bits per heavy atom. The molecule has 0 unspecified atom stereocenters. The van der Waals surface area contributed by atoms with Gasteiger partial charge in [-0.3, -0.25) is 0 Å². The van der Waals surface area contributed by atoms with E-state index in [9.17, 15) is 8.78 Å². The highest BCUT2D eigenvalue weighted by Gasteiger charge is 2.31. The minimum Gasteiger partial charge on any atom is -0.368 e. The van der Waals surface area contributed by atoms with Gasteiger partial charge in [0.25, 0.3) is 5.92 Å². The van der Waals surface area contributed by atoms with Gasteiger partial charge in [0.1, 0.15) is 12.1 Å². The van der Waals surface area contributed by atoms with E-state index in [1.54, 1.807) is 24.3 Å². The van der Waals surface area contributed by atoms with Crippen molar-refractivity contribution in [3.63, 3.8) is 0 Å². The molecule has 29 heavy (non-hydrogen) atoms. The van der Waals surface area contributed by atoms with Crippen LogP contribution >= 0.6 is 0 Å². The molecule has 0 amide bonds. The van der Waals surface area contributed by atoms with E-state index >= 15 is 0 Å². The monoisotopic (exact) mass is 395 g/mol. The van der Waals surface area contributed by atoms with Crippen LogP contribution in [0, 0.1) is 0 Å². The molecule has 3 N–H and O–H groups in total. The highest BCUT2D eigenvalue weighted by atomic mass is 19.3. The number of anilines is 1. The predicted octanol–water partition coefficient (Wildman–Crippen LogP) is 4.51. The number of halogens is 2. The Morgan fingerprint density at radius 2 is 1.90 bits per heavy atom. The van der Waals surface area contributed by atoms with Gasteiger partial charge in [0.15, 0.2) is 11.3 Å². The number of hydrogen-bond donors (Lipinski definition) is 2. The fourth-order valence-electron chi connectivity index (χ4n) is 3.06. The highest BCUT2D eigenvalue weighted by Crippen LogP contribution is 2.34. The van der Waals surface area contributed by atoms with E-state index in [1.807, 2.05) is 30.3 Å². The Hall–Kier alpha value is -3.39. The maximum absolute atomic E-state index is 13.6. The van der Waals surface area contributed by atoms with E-state index in [2.05, 4.69) is 20.4 Å². The SMILES string of the molecule is CC(F)(F)c1noc2cc(-c3cc(NC[C@H](N)c4ccccc4)ncn3)ccc12. The van der Waals surface area contributed by atoms with E-state index in [4.69, 9.17) is 10.3 Å². The van der Waals surface area contributed by atoms with E-state index < -0.39 is 5.92 Å². The fraction of sp³-hybridized carbons (Fsp3) is 0.190. The molecule has 1 atom stereocenters. The summed E-state index contributed by atoms with van der Waals surface area (Å²) >= 11 is 0. The molecule has 6 nitrogen and oxygen atoms in total. The molecule has 8 heteroatoms. The number of hydrogen-bond acceptors (Lipinski definition) is 6. The maximum Gasteiger partial charge on any atom is 0.290 e. The van der Waals surface area contributed by atoms with Crippen LogP contribution in [0.5, 0.6) is 0 Å². The van der Waals surface area contributed by atoms with Crippen molar-refractivity contribution in [1.29, 1.82) is 0 Å². The zero-order chi connectivity index (χ0) is 20.4. The largest absolute Gasteiger partial charge is 0.368 e. The molecular formula is C21H19F2N5O. The lowest BCUT2D eigenvalue weighted by atomic mass is 10.1. The Balaban J connectivity index is 1.54. The van der Waals surface area contributed by atoms with Gasteiger partial charge in [-0.2, -0.15) is 8.78 Å². The molecule has 0 aliphatic rings. The van der Waals surface area contributed by atoms with Gasteiger partial charge in [0, 0.05) is 31.1 Å². The van der Waals surface area contributed by atoms with Crippen LogP contribution in [-0.2, 0) is 5.92 Å². The topological polar surface area (TPSA) is 89.9 Å². The molecule has 4 rings (SSSR count). The van der Waals surface area contributed by atoms with Crippen molar-refractivity contribution in [2.75, 3.05) is 11.9 Å². The number of nitrogens with zero attached hydrogens (tertiary/aromatic N) is 3. The second-order valence-corrected chi connectivity index (χ2v) is 6.82. The summed E-state index contributed by atoms with van der Waals surface area (Å²) in [5.41, 5.74) is 8.46. The van der Waals surface area contributed by atoms with Crippen molar-refractivity contribution >= 4 is 16.8 Å². The van der Waals surface area contributed by atoms with Crippen molar-refractivity contribution in [1.82, 2.24) is 15.1 Å². The summed E-state index contributed by atoms with van der Waals surface area (Å²) in [5.74, 6) is -2.46. The first-order valence-corrected chi connectivity index (χ1v) is 9.06.